The Morgan fingerprint density at radius 1 is 0.706 bits per heavy atom. The fourth-order valence-corrected chi connectivity index (χ4v) is 6.30. The summed E-state index contributed by atoms with van der Waals surface area (Å²) in [7, 11) is 0. The normalized spacial score (nSPS) is 26.5. The third-order valence-electron chi connectivity index (χ3n) is 8.84. The van der Waals surface area contributed by atoms with Gasteiger partial charge in [-0.15, -0.1) is 0 Å². The van der Waals surface area contributed by atoms with Crippen LogP contribution in [0.4, 0.5) is 0 Å². The van der Waals surface area contributed by atoms with Crippen LogP contribution in [0, 0.1) is 0 Å². The molecule has 2 heterocycles. The molecule has 9 nitrogen and oxygen atoms in total. The molecule has 0 aliphatic carbocycles. The lowest BCUT2D eigenvalue weighted by Crippen LogP contribution is -2.61. The van der Waals surface area contributed by atoms with E-state index < -0.39 is 55.0 Å². The molecule has 1 unspecified atom stereocenters. The van der Waals surface area contributed by atoms with Crippen molar-refractivity contribution in [1.29, 1.82) is 0 Å². The molecule has 0 radical (unpaired) electrons. The van der Waals surface area contributed by atoms with Crippen molar-refractivity contribution in [2.24, 2.45) is 0 Å². The fourth-order valence-electron chi connectivity index (χ4n) is 6.30. The average molecular weight is 695 g/mol. The molecular formula is C42H46O9. The van der Waals surface area contributed by atoms with Crippen LogP contribution in [0.25, 0.3) is 0 Å². The van der Waals surface area contributed by atoms with Gasteiger partial charge in [0.1, 0.15) is 36.6 Å². The van der Waals surface area contributed by atoms with Crippen molar-refractivity contribution in [2.45, 2.75) is 82.2 Å². The van der Waals surface area contributed by atoms with Gasteiger partial charge in [-0.2, -0.15) is 0 Å². The first-order chi connectivity index (χ1) is 25.0. The summed E-state index contributed by atoms with van der Waals surface area (Å²) in [6.07, 6.45) is -1.33. The van der Waals surface area contributed by atoms with Crippen LogP contribution < -0.4 is 0 Å². The largest absolute Gasteiger partial charge is 0.457 e. The zero-order chi connectivity index (χ0) is 35.3. The van der Waals surface area contributed by atoms with Gasteiger partial charge in [-0.1, -0.05) is 133 Å². The van der Waals surface area contributed by atoms with Gasteiger partial charge in [0, 0.05) is 12.5 Å². The van der Waals surface area contributed by atoms with Crippen molar-refractivity contribution in [1.82, 2.24) is 0 Å². The van der Waals surface area contributed by atoms with Crippen LogP contribution in [-0.4, -0.2) is 67.0 Å². The van der Waals surface area contributed by atoms with Crippen molar-refractivity contribution < 1.29 is 43.1 Å². The molecule has 268 valence electrons. The Balaban J connectivity index is 1.25. The van der Waals surface area contributed by atoms with Crippen LogP contribution in [0.2, 0.25) is 0 Å². The Hall–Kier alpha value is -4.19. The third-order valence-corrected chi connectivity index (χ3v) is 8.84. The Bertz CT molecular complexity index is 1620. The quantitative estimate of drug-likeness (QED) is 0.111. The Morgan fingerprint density at radius 3 is 1.84 bits per heavy atom. The Labute approximate surface area is 299 Å². The maximum Gasteiger partial charge on any atom is 0.303 e. The predicted molar refractivity (Wildman–Crippen MR) is 190 cm³/mol. The highest BCUT2D eigenvalue weighted by Gasteiger charge is 2.49. The molecule has 0 aromatic heterocycles. The zero-order valence-electron chi connectivity index (χ0n) is 28.8. The number of aliphatic hydroxyl groups excluding tert-OH is 1. The van der Waals surface area contributed by atoms with Gasteiger partial charge in [-0.25, -0.2) is 0 Å². The monoisotopic (exact) mass is 694 g/mol. The van der Waals surface area contributed by atoms with E-state index in [4.69, 9.17) is 33.2 Å². The van der Waals surface area contributed by atoms with Gasteiger partial charge < -0.3 is 38.3 Å². The second kappa shape index (κ2) is 18.9. The maximum atomic E-state index is 12.6. The van der Waals surface area contributed by atoms with Crippen molar-refractivity contribution in [3.05, 3.63) is 156 Å². The Kier molecular flexibility index (Phi) is 13.5. The van der Waals surface area contributed by atoms with Gasteiger partial charge in [0.15, 0.2) is 12.4 Å². The van der Waals surface area contributed by atoms with Crippen LogP contribution in [0.1, 0.15) is 41.9 Å². The highest BCUT2D eigenvalue weighted by Crippen LogP contribution is 2.33. The molecule has 0 bridgehead atoms. The molecule has 4 aromatic carbocycles. The molecule has 2 saturated heterocycles. The lowest BCUT2D eigenvalue weighted by atomic mass is 9.92. The molecule has 9 heteroatoms. The van der Waals surface area contributed by atoms with Crippen LogP contribution in [0.3, 0.4) is 0 Å². The average Bonchev–Trinajstić information content (AvgIpc) is 3.16. The van der Waals surface area contributed by atoms with E-state index in [2.05, 4.69) is 0 Å². The minimum Gasteiger partial charge on any atom is -0.457 e. The number of carbonyl (C=O) groups excluding carboxylic acids is 1. The molecule has 0 spiro atoms. The molecule has 8 atom stereocenters. The van der Waals surface area contributed by atoms with Crippen molar-refractivity contribution in [2.75, 3.05) is 13.2 Å². The summed E-state index contributed by atoms with van der Waals surface area (Å²) in [6, 6.07) is 39.3. The van der Waals surface area contributed by atoms with Gasteiger partial charge in [0.25, 0.3) is 0 Å². The highest BCUT2D eigenvalue weighted by molar-refractivity contribution is 5.66. The number of esters is 1. The van der Waals surface area contributed by atoms with Crippen molar-refractivity contribution in [3.63, 3.8) is 0 Å². The molecule has 1 N–H and O–H groups in total. The van der Waals surface area contributed by atoms with Gasteiger partial charge in [-0.3, -0.25) is 4.79 Å². The Morgan fingerprint density at radius 2 is 1.25 bits per heavy atom. The van der Waals surface area contributed by atoms with E-state index >= 15 is 0 Å². The van der Waals surface area contributed by atoms with Gasteiger partial charge in [0.05, 0.1) is 33.0 Å². The molecule has 2 aliphatic heterocycles. The summed E-state index contributed by atoms with van der Waals surface area (Å²) < 4.78 is 44.1. The van der Waals surface area contributed by atoms with Crippen LogP contribution in [0.15, 0.2) is 133 Å². The predicted octanol–water partition coefficient (Wildman–Crippen LogP) is 6.49. The minimum atomic E-state index is -0.852. The summed E-state index contributed by atoms with van der Waals surface area (Å²) in [6.45, 7) is 2.69. The van der Waals surface area contributed by atoms with Gasteiger partial charge >= 0.3 is 5.97 Å². The van der Waals surface area contributed by atoms with Crippen LogP contribution in [-0.2, 0) is 57.8 Å². The second-order valence-corrected chi connectivity index (χ2v) is 12.7. The molecule has 4 aromatic rings. The molecule has 0 saturated carbocycles. The maximum absolute atomic E-state index is 12.6. The van der Waals surface area contributed by atoms with Crippen molar-refractivity contribution >= 4 is 5.97 Å². The van der Waals surface area contributed by atoms with Crippen LogP contribution in [0.5, 0.6) is 0 Å². The summed E-state index contributed by atoms with van der Waals surface area (Å²) in [4.78, 5) is 12.6. The second-order valence-electron chi connectivity index (χ2n) is 12.7. The number of ether oxygens (including phenoxy) is 7. The first kappa shape index (κ1) is 36.6. The number of benzene rings is 4. The smallest absolute Gasteiger partial charge is 0.303 e. The number of hydrogen-bond acceptors (Lipinski definition) is 9. The van der Waals surface area contributed by atoms with Crippen molar-refractivity contribution in [3.8, 4) is 0 Å². The van der Waals surface area contributed by atoms with E-state index in [1.165, 1.54) is 6.92 Å². The molecule has 0 amide bonds. The topological polar surface area (TPSA) is 102 Å². The summed E-state index contributed by atoms with van der Waals surface area (Å²) in [5.41, 5.74) is 3.86. The number of aliphatic hydroxyl groups is 1. The lowest BCUT2D eigenvalue weighted by Gasteiger charge is -2.45. The number of carbonyl (C=O) groups is 1. The standard InChI is InChI=1S/C42H46O9/c1-30(43)49-40-37(24-14-23-36-35(44)28-48-42(51-36)34-21-12-5-13-22-34)50-38(29-45-25-31-15-6-2-7-16-31)39(46-26-32-17-8-3-9-18-32)41(40)47-27-33-19-10-4-11-20-33/h2-23,35-42,44H,24-29H2,1H3/b23-14-/t35-,36?,37-,38-,39+,40+,41+,42-/m1/s1. The van der Waals surface area contributed by atoms with E-state index in [1.54, 1.807) is 0 Å². The van der Waals surface area contributed by atoms with Gasteiger partial charge in [0.2, 0.25) is 0 Å². The van der Waals surface area contributed by atoms with E-state index in [0.717, 1.165) is 22.3 Å². The van der Waals surface area contributed by atoms with E-state index in [1.807, 2.05) is 133 Å². The summed E-state index contributed by atoms with van der Waals surface area (Å²) in [5.74, 6) is -0.458. The fraction of sp³-hybridized carbons (Fsp3) is 0.357. The first-order valence-electron chi connectivity index (χ1n) is 17.5. The summed E-state index contributed by atoms with van der Waals surface area (Å²) >= 11 is 0. The molecule has 2 fully saturated rings. The molecule has 6 rings (SSSR count). The minimum absolute atomic E-state index is 0.126. The first-order valence-corrected chi connectivity index (χ1v) is 17.5. The summed E-state index contributed by atoms with van der Waals surface area (Å²) in [5, 5.41) is 10.7. The van der Waals surface area contributed by atoms with Crippen LogP contribution >= 0.6 is 0 Å². The SMILES string of the molecule is CC(=O)O[C@@H]1[C@@H](OCc2ccccc2)[C@@H](OCc2ccccc2)[C@@H](COCc2ccccc2)O[C@@H]1C/C=C\C1O[C@H](c2ccccc2)OC[C@H]1O. The number of hydrogen-bond donors (Lipinski definition) is 1. The molecule has 2 aliphatic rings. The highest BCUT2D eigenvalue weighted by atomic mass is 16.7. The molecule has 51 heavy (non-hydrogen) atoms. The number of rotatable bonds is 15. The van der Waals surface area contributed by atoms with E-state index in [0.29, 0.717) is 19.6 Å². The van der Waals surface area contributed by atoms with Gasteiger partial charge in [-0.05, 0) is 23.1 Å². The molecular weight excluding hydrogens is 648 g/mol. The lowest BCUT2D eigenvalue weighted by molar-refractivity contribution is -0.265. The zero-order valence-corrected chi connectivity index (χ0v) is 28.8. The van der Waals surface area contributed by atoms with E-state index in [-0.39, 0.29) is 19.8 Å². The van der Waals surface area contributed by atoms with E-state index in [9.17, 15) is 9.90 Å². The third kappa shape index (κ3) is 10.7.